The molecule has 0 N–H and O–H groups in total. The molecule has 2 rings (SSSR count). The Balaban J connectivity index is 2.15. The minimum Gasteiger partial charge on any atom is -0.496 e. The summed E-state index contributed by atoms with van der Waals surface area (Å²) in [5.74, 6) is 1.00. The molecule has 22 heavy (non-hydrogen) atoms. The van der Waals surface area contributed by atoms with Gasteiger partial charge in [0.05, 0.1) is 31.4 Å². The van der Waals surface area contributed by atoms with Gasteiger partial charge in [0, 0.05) is 31.5 Å². The second kappa shape index (κ2) is 6.65. The summed E-state index contributed by atoms with van der Waals surface area (Å²) in [5, 5.41) is 0. The number of hydrogen-bond acceptors (Lipinski definition) is 4. The third kappa shape index (κ3) is 2.95. The third-order valence-corrected chi connectivity index (χ3v) is 4.67. The Kier molecular flexibility index (Phi) is 5.06. The number of aryl methyl sites for hydroxylation is 1. The SMILES string of the molecule is COCC1(C(=O)N(C)Cc2ncc(C)c(OC)c2C)CCC1. The van der Waals surface area contributed by atoms with Gasteiger partial charge in [0.15, 0.2) is 0 Å². The molecule has 0 radical (unpaired) electrons. The number of pyridine rings is 1. The second-order valence-electron chi connectivity index (χ2n) is 6.27. The summed E-state index contributed by atoms with van der Waals surface area (Å²) >= 11 is 0. The summed E-state index contributed by atoms with van der Waals surface area (Å²) in [5.41, 5.74) is 2.56. The van der Waals surface area contributed by atoms with Gasteiger partial charge in [-0.05, 0) is 26.7 Å². The van der Waals surface area contributed by atoms with Gasteiger partial charge in [-0.2, -0.15) is 0 Å². The monoisotopic (exact) mass is 306 g/mol. The zero-order chi connectivity index (χ0) is 16.3. The number of hydrogen-bond donors (Lipinski definition) is 0. The lowest BCUT2D eigenvalue weighted by Crippen LogP contribution is -2.49. The van der Waals surface area contributed by atoms with Crippen LogP contribution in [0, 0.1) is 19.3 Å². The number of carbonyl (C=O) groups excluding carboxylic acids is 1. The van der Waals surface area contributed by atoms with Crippen molar-refractivity contribution in [3.63, 3.8) is 0 Å². The van der Waals surface area contributed by atoms with Crippen LogP contribution in [0.2, 0.25) is 0 Å². The first-order valence-corrected chi connectivity index (χ1v) is 7.69. The maximum atomic E-state index is 12.8. The molecule has 0 aromatic carbocycles. The number of rotatable bonds is 6. The Labute approximate surface area is 132 Å². The molecular weight excluding hydrogens is 280 g/mol. The molecule has 1 amide bonds. The molecule has 1 aliphatic rings. The van der Waals surface area contributed by atoms with E-state index in [1.54, 1.807) is 25.3 Å². The first-order chi connectivity index (χ1) is 10.4. The Hall–Kier alpha value is -1.62. The minimum atomic E-state index is -0.327. The molecule has 0 saturated heterocycles. The molecule has 1 aromatic rings. The van der Waals surface area contributed by atoms with E-state index in [9.17, 15) is 4.79 Å². The molecule has 0 spiro atoms. The van der Waals surface area contributed by atoms with Crippen LogP contribution in [0.5, 0.6) is 5.75 Å². The number of ether oxygens (including phenoxy) is 2. The molecule has 1 saturated carbocycles. The van der Waals surface area contributed by atoms with Crippen LogP contribution in [-0.2, 0) is 16.1 Å². The van der Waals surface area contributed by atoms with Crippen LogP contribution in [0.1, 0.15) is 36.1 Å². The van der Waals surface area contributed by atoms with Crippen LogP contribution in [0.4, 0.5) is 0 Å². The highest BCUT2D eigenvalue weighted by Gasteiger charge is 2.45. The number of aromatic nitrogens is 1. The highest BCUT2D eigenvalue weighted by atomic mass is 16.5. The zero-order valence-electron chi connectivity index (χ0n) is 14.2. The van der Waals surface area contributed by atoms with Gasteiger partial charge in [-0.1, -0.05) is 6.42 Å². The summed E-state index contributed by atoms with van der Waals surface area (Å²) in [4.78, 5) is 19.0. The van der Waals surface area contributed by atoms with Crippen molar-refractivity contribution in [1.82, 2.24) is 9.88 Å². The van der Waals surface area contributed by atoms with E-state index >= 15 is 0 Å². The Morgan fingerprint density at radius 3 is 2.55 bits per heavy atom. The molecule has 1 heterocycles. The normalized spacial score (nSPS) is 16.0. The lowest BCUT2D eigenvalue weighted by molar-refractivity contribution is -0.151. The molecule has 5 heteroatoms. The standard InChI is InChI=1S/C17H26N2O3/c1-12-9-18-14(13(2)15(12)22-5)10-19(3)16(20)17(11-21-4)7-6-8-17/h9H,6-8,10-11H2,1-5H3. The molecule has 122 valence electrons. The molecule has 0 atom stereocenters. The van der Waals surface area contributed by atoms with Gasteiger partial charge in [-0.15, -0.1) is 0 Å². The van der Waals surface area contributed by atoms with E-state index in [0.29, 0.717) is 13.2 Å². The van der Waals surface area contributed by atoms with Gasteiger partial charge >= 0.3 is 0 Å². The fraction of sp³-hybridized carbons (Fsp3) is 0.647. The summed E-state index contributed by atoms with van der Waals surface area (Å²) in [6.07, 6.45) is 4.72. The largest absolute Gasteiger partial charge is 0.496 e. The molecule has 0 bridgehead atoms. The molecule has 0 aliphatic heterocycles. The van der Waals surface area contributed by atoms with Gasteiger partial charge in [0.25, 0.3) is 0 Å². The average molecular weight is 306 g/mol. The molecular formula is C17H26N2O3. The molecule has 1 aliphatic carbocycles. The number of carbonyl (C=O) groups is 1. The lowest BCUT2D eigenvalue weighted by atomic mass is 9.68. The predicted octanol–water partition coefficient (Wildman–Crippen LogP) is 2.48. The van der Waals surface area contributed by atoms with Crippen molar-refractivity contribution in [2.45, 2.75) is 39.7 Å². The number of nitrogens with zero attached hydrogens (tertiary/aromatic N) is 2. The number of methoxy groups -OCH3 is 2. The maximum absolute atomic E-state index is 12.8. The molecule has 5 nitrogen and oxygen atoms in total. The predicted molar refractivity (Wildman–Crippen MR) is 84.9 cm³/mol. The van der Waals surface area contributed by atoms with E-state index in [1.165, 1.54) is 0 Å². The van der Waals surface area contributed by atoms with Crippen LogP contribution in [0.15, 0.2) is 6.20 Å². The van der Waals surface area contributed by atoms with Gasteiger partial charge in [-0.25, -0.2) is 0 Å². The van der Waals surface area contributed by atoms with Gasteiger partial charge < -0.3 is 14.4 Å². The molecule has 1 fully saturated rings. The highest BCUT2D eigenvalue weighted by molar-refractivity contribution is 5.83. The highest BCUT2D eigenvalue weighted by Crippen LogP contribution is 2.42. The lowest BCUT2D eigenvalue weighted by Gasteiger charge is -2.42. The van der Waals surface area contributed by atoms with E-state index in [0.717, 1.165) is 41.8 Å². The average Bonchev–Trinajstić information content (AvgIpc) is 2.45. The van der Waals surface area contributed by atoms with Crippen LogP contribution in [0.3, 0.4) is 0 Å². The fourth-order valence-electron chi connectivity index (χ4n) is 3.23. The Morgan fingerprint density at radius 1 is 1.36 bits per heavy atom. The van der Waals surface area contributed by atoms with Crippen molar-refractivity contribution in [2.24, 2.45) is 5.41 Å². The first-order valence-electron chi connectivity index (χ1n) is 7.69. The summed E-state index contributed by atoms with van der Waals surface area (Å²) in [7, 11) is 5.16. The van der Waals surface area contributed by atoms with Crippen molar-refractivity contribution >= 4 is 5.91 Å². The van der Waals surface area contributed by atoms with Crippen molar-refractivity contribution in [3.8, 4) is 5.75 Å². The van der Waals surface area contributed by atoms with E-state index in [-0.39, 0.29) is 11.3 Å². The van der Waals surface area contributed by atoms with Crippen LogP contribution in [-0.4, -0.2) is 43.7 Å². The summed E-state index contributed by atoms with van der Waals surface area (Å²) in [6.45, 7) is 4.95. The topological polar surface area (TPSA) is 51.7 Å². The smallest absolute Gasteiger partial charge is 0.231 e. The van der Waals surface area contributed by atoms with Gasteiger partial charge in [0.1, 0.15) is 5.75 Å². The summed E-state index contributed by atoms with van der Waals surface area (Å²) in [6, 6.07) is 0. The number of amides is 1. The molecule has 0 unspecified atom stereocenters. The van der Waals surface area contributed by atoms with Crippen LogP contribution >= 0.6 is 0 Å². The first kappa shape index (κ1) is 16.7. The Morgan fingerprint density at radius 2 is 2.05 bits per heavy atom. The van der Waals surface area contributed by atoms with Crippen LogP contribution < -0.4 is 4.74 Å². The van der Waals surface area contributed by atoms with Gasteiger partial charge in [0.2, 0.25) is 5.91 Å². The van der Waals surface area contributed by atoms with Crippen LogP contribution in [0.25, 0.3) is 0 Å². The van der Waals surface area contributed by atoms with Crippen molar-refractivity contribution in [2.75, 3.05) is 27.9 Å². The fourth-order valence-corrected chi connectivity index (χ4v) is 3.23. The van der Waals surface area contributed by atoms with E-state index in [4.69, 9.17) is 9.47 Å². The van der Waals surface area contributed by atoms with E-state index in [2.05, 4.69) is 4.98 Å². The Bertz CT molecular complexity index is 553. The van der Waals surface area contributed by atoms with Gasteiger partial charge in [-0.3, -0.25) is 9.78 Å². The zero-order valence-corrected chi connectivity index (χ0v) is 14.2. The summed E-state index contributed by atoms with van der Waals surface area (Å²) < 4.78 is 10.7. The molecule has 1 aromatic heterocycles. The minimum absolute atomic E-state index is 0.154. The van der Waals surface area contributed by atoms with E-state index in [1.807, 2.05) is 20.9 Å². The van der Waals surface area contributed by atoms with Crippen molar-refractivity contribution in [1.29, 1.82) is 0 Å². The maximum Gasteiger partial charge on any atom is 0.231 e. The quantitative estimate of drug-likeness (QED) is 0.810. The third-order valence-electron chi connectivity index (χ3n) is 4.67. The van der Waals surface area contributed by atoms with Crippen molar-refractivity contribution < 1.29 is 14.3 Å². The van der Waals surface area contributed by atoms with E-state index < -0.39 is 0 Å². The second-order valence-corrected chi connectivity index (χ2v) is 6.27. The van der Waals surface area contributed by atoms with Crippen molar-refractivity contribution in [3.05, 3.63) is 23.0 Å².